The van der Waals surface area contributed by atoms with Crippen LogP contribution in [0, 0.1) is 6.92 Å². The summed E-state index contributed by atoms with van der Waals surface area (Å²) in [5, 5.41) is 12.2. The lowest BCUT2D eigenvalue weighted by molar-refractivity contribution is 0.169. The Bertz CT molecular complexity index is 867. The highest BCUT2D eigenvalue weighted by Gasteiger charge is 2.28. The van der Waals surface area contributed by atoms with Crippen LogP contribution >= 0.6 is 11.6 Å². The molecule has 0 amide bonds. The highest BCUT2D eigenvalue weighted by molar-refractivity contribution is 6.30. The van der Waals surface area contributed by atoms with E-state index in [0.29, 0.717) is 0 Å². The maximum atomic E-state index is 6.11. The molecule has 5 heteroatoms. The van der Waals surface area contributed by atoms with Gasteiger partial charge in [-0.3, -0.25) is 10.00 Å². The average Bonchev–Trinajstić information content (AvgIpc) is 3.09. The Balaban J connectivity index is 1.74. The first-order chi connectivity index (χ1) is 13.2. The number of benzene rings is 2. The number of piperazine rings is 1. The van der Waals surface area contributed by atoms with E-state index in [0.717, 1.165) is 54.6 Å². The number of aromatic nitrogens is 2. The average molecular weight is 381 g/mol. The molecule has 2 aromatic carbocycles. The summed E-state index contributed by atoms with van der Waals surface area (Å²) in [6.45, 7) is 6.20. The topological polar surface area (TPSA) is 44.0 Å². The fourth-order valence-corrected chi connectivity index (χ4v) is 4.03. The second-order valence-electron chi connectivity index (χ2n) is 7.11. The van der Waals surface area contributed by atoms with Gasteiger partial charge in [-0.15, -0.1) is 0 Å². The summed E-state index contributed by atoms with van der Waals surface area (Å²) in [6.07, 6.45) is 0.950. The van der Waals surface area contributed by atoms with Gasteiger partial charge in [-0.25, -0.2) is 0 Å². The van der Waals surface area contributed by atoms with Gasteiger partial charge in [0.15, 0.2) is 0 Å². The van der Waals surface area contributed by atoms with Crippen molar-refractivity contribution in [1.82, 2.24) is 20.4 Å². The summed E-state index contributed by atoms with van der Waals surface area (Å²) in [5.41, 5.74) is 5.92. The largest absolute Gasteiger partial charge is 0.314 e. The smallest absolute Gasteiger partial charge is 0.0878 e. The molecule has 1 aromatic heterocycles. The van der Waals surface area contributed by atoms with E-state index < -0.39 is 0 Å². The predicted octanol–water partition coefficient (Wildman–Crippen LogP) is 4.23. The molecule has 2 heterocycles. The minimum atomic E-state index is 0.241. The summed E-state index contributed by atoms with van der Waals surface area (Å²) >= 11 is 6.11. The van der Waals surface area contributed by atoms with E-state index in [1.165, 1.54) is 11.1 Å². The van der Waals surface area contributed by atoms with Gasteiger partial charge in [0, 0.05) is 42.5 Å². The lowest BCUT2D eigenvalue weighted by Crippen LogP contribution is -2.45. The first kappa shape index (κ1) is 18.2. The molecular formula is C22H25ClN4. The van der Waals surface area contributed by atoms with E-state index in [1.807, 2.05) is 12.1 Å². The van der Waals surface area contributed by atoms with Gasteiger partial charge in [0.1, 0.15) is 0 Å². The number of rotatable bonds is 5. The second-order valence-corrected chi connectivity index (χ2v) is 7.54. The van der Waals surface area contributed by atoms with Crippen molar-refractivity contribution in [2.24, 2.45) is 0 Å². The maximum Gasteiger partial charge on any atom is 0.0878 e. The zero-order chi connectivity index (χ0) is 18.6. The van der Waals surface area contributed by atoms with Crippen molar-refractivity contribution < 1.29 is 0 Å². The first-order valence-electron chi connectivity index (χ1n) is 9.52. The third-order valence-electron chi connectivity index (χ3n) is 5.29. The van der Waals surface area contributed by atoms with E-state index in [-0.39, 0.29) is 6.04 Å². The third kappa shape index (κ3) is 4.08. The molecule has 0 bridgehead atoms. The van der Waals surface area contributed by atoms with Crippen LogP contribution in [0.15, 0.2) is 54.6 Å². The standard InChI is InChI=1S/C22H25ClN4/c1-16-21(18-7-9-19(23)10-8-18)22(26-25-16)20(27-13-11-24-12-14-27)15-17-5-3-2-4-6-17/h2-10,20,24H,11-15H2,1H3,(H,25,26). The number of aryl methyl sites for hydroxylation is 1. The Kier molecular flexibility index (Phi) is 5.58. The van der Waals surface area contributed by atoms with E-state index in [1.54, 1.807) is 0 Å². The quantitative estimate of drug-likeness (QED) is 0.696. The van der Waals surface area contributed by atoms with Gasteiger partial charge in [-0.2, -0.15) is 5.10 Å². The zero-order valence-electron chi connectivity index (χ0n) is 15.6. The first-order valence-corrected chi connectivity index (χ1v) is 9.89. The lowest BCUT2D eigenvalue weighted by atomic mass is 9.94. The van der Waals surface area contributed by atoms with Crippen LogP contribution in [0.1, 0.15) is 23.0 Å². The molecule has 1 aliphatic heterocycles. The Labute approximate surface area is 165 Å². The number of nitrogens with one attached hydrogen (secondary N) is 2. The van der Waals surface area contributed by atoms with Crippen LogP contribution in [-0.2, 0) is 6.42 Å². The second kappa shape index (κ2) is 8.26. The SMILES string of the molecule is Cc1[nH]nc(C(Cc2ccccc2)N2CCNCC2)c1-c1ccc(Cl)cc1. The van der Waals surface area contributed by atoms with E-state index >= 15 is 0 Å². The highest BCUT2D eigenvalue weighted by atomic mass is 35.5. The number of nitrogens with zero attached hydrogens (tertiary/aromatic N) is 2. The van der Waals surface area contributed by atoms with Crippen molar-refractivity contribution in [2.75, 3.05) is 26.2 Å². The zero-order valence-corrected chi connectivity index (χ0v) is 16.3. The summed E-state index contributed by atoms with van der Waals surface area (Å²) in [6, 6.07) is 19.0. The predicted molar refractivity (Wildman–Crippen MR) is 111 cm³/mol. The molecule has 3 aromatic rings. The summed E-state index contributed by atoms with van der Waals surface area (Å²) in [4.78, 5) is 2.55. The van der Waals surface area contributed by atoms with Gasteiger partial charge >= 0.3 is 0 Å². The third-order valence-corrected chi connectivity index (χ3v) is 5.54. The van der Waals surface area contributed by atoms with Crippen LogP contribution in [0.3, 0.4) is 0 Å². The van der Waals surface area contributed by atoms with Gasteiger partial charge in [-0.1, -0.05) is 54.1 Å². The number of H-pyrrole nitrogens is 1. The Hall–Kier alpha value is -2.14. The minimum Gasteiger partial charge on any atom is -0.314 e. The van der Waals surface area contributed by atoms with Gasteiger partial charge in [-0.05, 0) is 36.6 Å². The van der Waals surface area contributed by atoms with Crippen molar-refractivity contribution in [1.29, 1.82) is 0 Å². The fourth-order valence-electron chi connectivity index (χ4n) is 3.90. The Morgan fingerprint density at radius 1 is 1.04 bits per heavy atom. The van der Waals surface area contributed by atoms with Crippen molar-refractivity contribution in [2.45, 2.75) is 19.4 Å². The van der Waals surface area contributed by atoms with Crippen LogP contribution in [0.5, 0.6) is 0 Å². The fraction of sp³-hybridized carbons (Fsp3) is 0.318. The number of aromatic amines is 1. The molecule has 0 saturated carbocycles. The molecule has 0 spiro atoms. The maximum absolute atomic E-state index is 6.11. The molecule has 4 nitrogen and oxygen atoms in total. The summed E-state index contributed by atoms with van der Waals surface area (Å²) in [7, 11) is 0. The Morgan fingerprint density at radius 3 is 2.44 bits per heavy atom. The lowest BCUT2D eigenvalue weighted by Gasteiger charge is -2.34. The minimum absolute atomic E-state index is 0.241. The van der Waals surface area contributed by atoms with Crippen LogP contribution < -0.4 is 5.32 Å². The molecule has 1 aliphatic rings. The molecule has 140 valence electrons. The van der Waals surface area contributed by atoms with E-state index in [9.17, 15) is 0 Å². The number of halogens is 1. The van der Waals surface area contributed by atoms with Crippen LogP contribution in [0.25, 0.3) is 11.1 Å². The monoisotopic (exact) mass is 380 g/mol. The molecule has 4 rings (SSSR count). The van der Waals surface area contributed by atoms with Crippen molar-refractivity contribution in [3.05, 3.63) is 76.6 Å². The van der Waals surface area contributed by atoms with E-state index in [2.05, 4.69) is 64.7 Å². The van der Waals surface area contributed by atoms with Crippen molar-refractivity contribution in [3.63, 3.8) is 0 Å². The van der Waals surface area contributed by atoms with Crippen molar-refractivity contribution in [3.8, 4) is 11.1 Å². The van der Waals surface area contributed by atoms with Crippen LogP contribution in [0.4, 0.5) is 0 Å². The van der Waals surface area contributed by atoms with Gasteiger partial charge < -0.3 is 5.32 Å². The normalized spacial score (nSPS) is 16.4. The Morgan fingerprint density at radius 2 is 1.74 bits per heavy atom. The van der Waals surface area contributed by atoms with Crippen LogP contribution in [0.2, 0.25) is 5.02 Å². The number of hydrogen-bond donors (Lipinski definition) is 2. The molecule has 1 unspecified atom stereocenters. The van der Waals surface area contributed by atoms with Crippen molar-refractivity contribution >= 4 is 11.6 Å². The summed E-state index contributed by atoms with van der Waals surface area (Å²) < 4.78 is 0. The van der Waals surface area contributed by atoms with E-state index in [4.69, 9.17) is 16.7 Å². The molecule has 1 atom stereocenters. The van der Waals surface area contributed by atoms with Crippen LogP contribution in [-0.4, -0.2) is 41.3 Å². The molecule has 1 fully saturated rings. The van der Waals surface area contributed by atoms with Gasteiger partial charge in [0.25, 0.3) is 0 Å². The molecule has 0 aliphatic carbocycles. The highest BCUT2D eigenvalue weighted by Crippen LogP contribution is 2.35. The van der Waals surface area contributed by atoms with Gasteiger partial charge in [0.2, 0.25) is 0 Å². The summed E-state index contributed by atoms with van der Waals surface area (Å²) in [5.74, 6) is 0. The molecule has 1 saturated heterocycles. The molecule has 0 radical (unpaired) electrons. The molecular weight excluding hydrogens is 356 g/mol. The molecule has 2 N–H and O–H groups in total. The number of hydrogen-bond acceptors (Lipinski definition) is 3. The molecule has 27 heavy (non-hydrogen) atoms. The van der Waals surface area contributed by atoms with Gasteiger partial charge in [0.05, 0.1) is 11.7 Å².